The minimum absolute atomic E-state index is 0.0416. The highest BCUT2D eigenvalue weighted by atomic mass is 16.5. The quantitative estimate of drug-likeness (QED) is 0.873. The van der Waals surface area contributed by atoms with Crippen LogP contribution in [0.1, 0.15) is 17.0 Å². The molecule has 0 spiro atoms. The first-order valence-corrected chi connectivity index (χ1v) is 5.49. The number of ether oxygens (including phenoxy) is 1. The number of benzene rings is 1. The number of hydrogen-bond donors (Lipinski definition) is 1. The molecule has 0 aliphatic heterocycles. The van der Waals surface area contributed by atoms with Gasteiger partial charge in [0, 0.05) is 18.0 Å². The molecule has 1 aromatic carbocycles. The summed E-state index contributed by atoms with van der Waals surface area (Å²) in [4.78, 5) is 4.18. The molecule has 1 aromatic heterocycles. The maximum Gasteiger partial charge on any atom is 0.123 e. The van der Waals surface area contributed by atoms with E-state index in [4.69, 9.17) is 9.84 Å². The van der Waals surface area contributed by atoms with Gasteiger partial charge in [-0.2, -0.15) is 0 Å². The van der Waals surface area contributed by atoms with Crippen LogP contribution in [0.5, 0.6) is 5.75 Å². The summed E-state index contributed by atoms with van der Waals surface area (Å²) in [5.41, 5.74) is 1.93. The van der Waals surface area contributed by atoms with Gasteiger partial charge < -0.3 is 14.4 Å². The van der Waals surface area contributed by atoms with E-state index >= 15 is 0 Å². The molecule has 2 aromatic rings. The van der Waals surface area contributed by atoms with Crippen LogP contribution in [0.15, 0.2) is 30.6 Å². The van der Waals surface area contributed by atoms with Crippen molar-refractivity contribution in [2.24, 2.45) is 0 Å². The smallest absolute Gasteiger partial charge is 0.123 e. The van der Waals surface area contributed by atoms with Crippen LogP contribution >= 0.6 is 0 Å². The largest absolute Gasteiger partial charge is 0.496 e. The van der Waals surface area contributed by atoms with Gasteiger partial charge in [0.05, 0.1) is 20.3 Å². The summed E-state index contributed by atoms with van der Waals surface area (Å²) in [5, 5.41) is 9.15. The molecule has 0 saturated heterocycles. The van der Waals surface area contributed by atoms with E-state index in [2.05, 4.69) is 4.98 Å². The van der Waals surface area contributed by atoms with Crippen LogP contribution in [-0.4, -0.2) is 21.8 Å². The lowest BCUT2D eigenvalue weighted by Crippen LogP contribution is -2.03. The Hall–Kier alpha value is -1.81. The van der Waals surface area contributed by atoms with Gasteiger partial charge in [0.15, 0.2) is 0 Å². The Kier molecular flexibility index (Phi) is 3.44. The fourth-order valence-electron chi connectivity index (χ4n) is 1.81. The summed E-state index contributed by atoms with van der Waals surface area (Å²) in [6.45, 7) is 2.70. The molecule has 4 nitrogen and oxygen atoms in total. The fraction of sp³-hybridized carbons (Fsp3) is 0.308. The van der Waals surface area contributed by atoms with E-state index in [1.807, 2.05) is 35.9 Å². The lowest BCUT2D eigenvalue weighted by molar-refractivity contribution is 0.281. The third kappa shape index (κ3) is 2.47. The van der Waals surface area contributed by atoms with E-state index in [0.29, 0.717) is 6.54 Å². The lowest BCUT2D eigenvalue weighted by atomic mass is 10.1. The molecule has 0 aliphatic carbocycles. The number of hydrogen-bond acceptors (Lipinski definition) is 3. The number of aliphatic hydroxyl groups is 1. The minimum Gasteiger partial charge on any atom is -0.496 e. The van der Waals surface area contributed by atoms with Crippen LogP contribution in [0.25, 0.3) is 0 Å². The van der Waals surface area contributed by atoms with Crippen LogP contribution in [0.4, 0.5) is 0 Å². The zero-order valence-electron chi connectivity index (χ0n) is 10.1. The van der Waals surface area contributed by atoms with Crippen molar-refractivity contribution in [2.75, 3.05) is 7.11 Å². The van der Waals surface area contributed by atoms with Gasteiger partial charge in [0.25, 0.3) is 0 Å². The van der Waals surface area contributed by atoms with Crippen molar-refractivity contribution in [3.63, 3.8) is 0 Å². The van der Waals surface area contributed by atoms with Crippen molar-refractivity contribution in [1.29, 1.82) is 0 Å². The molecule has 90 valence electrons. The molecular weight excluding hydrogens is 216 g/mol. The van der Waals surface area contributed by atoms with Crippen molar-refractivity contribution in [2.45, 2.75) is 20.1 Å². The van der Waals surface area contributed by atoms with Crippen LogP contribution < -0.4 is 4.74 Å². The standard InChI is InChI=1S/C13H16N2O2/c1-10-14-5-6-15(10)8-12-7-11(9-16)3-4-13(12)17-2/h3-7,16H,8-9H2,1-2H3. The van der Waals surface area contributed by atoms with Crippen LogP contribution in [0, 0.1) is 6.92 Å². The molecule has 4 heteroatoms. The number of rotatable bonds is 4. The Morgan fingerprint density at radius 3 is 2.82 bits per heavy atom. The first-order valence-electron chi connectivity index (χ1n) is 5.49. The zero-order chi connectivity index (χ0) is 12.3. The fourth-order valence-corrected chi connectivity index (χ4v) is 1.81. The molecule has 2 rings (SSSR count). The van der Waals surface area contributed by atoms with Gasteiger partial charge >= 0.3 is 0 Å². The Labute approximate surface area is 100 Å². The van der Waals surface area contributed by atoms with E-state index in [-0.39, 0.29) is 6.61 Å². The summed E-state index contributed by atoms with van der Waals surface area (Å²) in [6.07, 6.45) is 3.71. The van der Waals surface area contributed by atoms with Gasteiger partial charge in [-0.25, -0.2) is 4.98 Å². The number of aliphatic hydroxyl groups excluding tert-OH is 1. The Morgan fingerprint density at radius 1 is 1.41 bits per heavy atom. The van der Waals surface area contributed by atoms with Crippen LogP contribution in [0.2, 0.25) is 0 Å². The van der Waals surface area contributed by atoms with Gasteiger partial charge in [-0.05, 0) is 24.6 Å². The van der Waals surface area contributed by atoms with Gasteiger partial charge in [0.1, 0.15) is 11.6 Å². The first-order chi connectivity index (χ1) is 8.24. The molecule has 1 N–H and O–H groups in total. The highest BCUT2D eigenvalue weighted by molar-refractivity contribution is 5.37. The average molecular weight is 232 g/mol. The molecule has 0 unspecified atom stereocenters. The second kappa shape index (κ2) is 5.01. The predicted molar refractivity (Wildman–Crippen MR) is 65.0 cm³/mol. The van der Waals surface area contributed by atoms with Crippen molar-refractivity contribution in [3.05, 3.63) is 47.5 Å². The summed E-state index contributed by atoms with van der Waals surface area (Å²) < 4.78 is 7.36. The minimum atomic E-state index is 0.0416. The third-order valence-corrected chi connectivity index (χ3v) is 2.79. The second-order valence-electron chi connectivity index (χ2n) is 3.91. The van der Waals surface area contributed by atoms with Crippen molar-refractivity contribution in [3.8, 4) is 5.75 Å². The van der Waals surface area contributed by atoms with E-state index in [0.717, 1.165) is 22.7 Å². The summed E-state index contributed by atoms with van der Waals surface area (Å²) in [7, 11) is 1.65. The highest BCUT2D eigenvalue weighted by Gasteiger charge is 2.06. The summed E-state index contributed by atoms with van der Waals surface area (Å²) in [5.74, 6) is 1.79. The van der Waals surface area contributed by atoms with Crippen molar-refractivity contribution in [1.82, 2.24) is 9.55 Å². The second-order valence-corrected chi connectivity index (χ2v) is 3.91. The SMILES string of the molecule is COc1ccc(CO)cc1Cn1ccnc1C. The van der Waals surface area contributed by atoms with Crippen molar-refractivity contribution >= 4 is 0 Å². The van der Waals surface area contributed by atoms with Gasteiger partial charge in [0.2, 0.25) is 0 Å². The molecule has 0 aliphatic rings. The molecule has 0 amide bonds. The van der Waals surface area contributed by atoms with E-state index in [1.165, 1.54) is 0 Å². The van der Waals surface area contributed by atoms with E-state index in [9.17, 15) is 0 Å². The average Bonchev–Trinajstić information content (AvgIpc) is 2.75. The number of aromatic nitrogens is 2. The molecule has 0 radical (unpaired) electrons. The molecule has 0 saturated carbocycles. The number of imidazole rings is 1. The maximum atomic E-state index is 9.15. The first kappa shape index (κ1) is 11.7. The van der Waals surface area contributed by atoms with Gasteiger partial charge in [-0.3, -0.25) is 0 Å². The predicted octanol–water partition coefficient (Wildman–Crippen LogP) is 1.74. The van der Waals surface area contributed by atoms with Crippen LogP contribution in [-0.2, 0) is 13.2 Å². The normalized spacial score (nSPS) is 10.5. The number of aryl methyl sites for hydroxylation is 1. The van der Waals surface area contributed by atoms with Crippen LogP contribution in [0.3, 0.4) is 0 Å². The molecule has 0 bridgehead atoms. The summed E-state index contributed by atoms with van der Waals surface area (Å²) >= 11 is 0. The molecule has 17 heavy (non-hydrogen) atoms. The van der Waals surface area contributed by atoms with Crippen molar-refractivity contribution < 1.29 is 9.84 Å². The number of nitrogens with zero attached hydrogens (tertiary/aromatic N) is 2. The maximum absolute atomic E-state index is 9.15. The molecule has 0 fully saturated rings. The Balaban J connectivity index is 2.33. The third-order valence-electron chi connectivity index (χ3n) is 2.79. The summed E-state index contributed by atoms with van der Waals surface area (Å²) in [6, 6.07) is 5.70. The Bertz CT molecular complexity index is 506. The topological polar surface area (TPSA) is 47.3 Å². The number of methoxy groups -OCH3 is 1. The Morgan fingerprint density at radius 2 is 2.24 bits per heavy atom. The highest BCUT2D eigenvalue weighted by Crippen LogP contribution is 2.21. The molecular formula is C13H16N2O2. The molecule has 1 heterocycles. The monoisotopic (exact) mass is 232 g/mol. The van der Waals surface area contributed by atoms with E-state index in [1.54, 1.807) is 13.3 Å². The van der Waals surface area contributed by atoms with Gasteiger partial charge in [-0.1, -0.05) is 6.07 Å². The van der Waals surface area contributed by atoms with E-state index < -0.39 is 0 Å². The van der Waals surface area contributed by atoms with Gasteiger partial charge in [-0.15, -0.1) is 0 Å². The zero-order valence-corrected chi connectivity index (χ0v) is 10.1. The lowest BCUT2D eigenvalue weighted by Gasteiger charge is -2.11. The molecule has 0 atom stereocenters.